The zero-order valence-electron chi connectivity index (χ0n) is 15.8. The van der Waals surface area contributed by atoms with Gasteiger partial charge in [0.25, 0.3) is 0 Å². The van der Waals surface area contributed by atoms with Crippen molar-refractivity contribution in [1.82, 2.24) is 0 Å². The number of nitrogens with two attached hydrogens (primary N) is 1. The molecule has 0 saturated heterocycles. The Bertz CT molecular complexity index is 886. The van der Waals surface area contributed by atoms with Crippen molar-refractivity contribution in [3.05, 3.63) is 58.1 Å². The topological polar surface area (TPSA) is 83.6 Å². The lowest BCUT2D eigenvalue weighted by molar-refractivity contribution is -0.137. The molecule has 0 heterocycles. The Labute approximate surface area is 175 Å². The quantitative estimate of drug-likeness (QED) is 0.571. The predicted octanol–water partition coefficient (Wildman–Crippen LogP) is 3.84. The standard InChI is InChI=1S/C20H23ClF3NO3S/c1-13-7-15(20(22,23)24)9-17(8-13)29(28)16-5-4-14(18(21)10-16)3-2-6-19(25,11-26)12-27/h4-5,7-10,26-27H,2-3,6,11-12,25H2,1H3. The molecule has 0 aromatic heterocycles. The van der Waals surface area contributed by atoms with Crippen molar-refractivity contribution in [2.75, 3.05) is 13.2 Å². The molecule has 2 aromatic rings. The lowest BCUT2D eigenvalue weighted by Crippen LogP contribution is -2.47. The molecule has 0 radical (unpaired) electrons. The Morgan fingerprint density at radius 1 is 1.07 bits per heavy atom. The highest BCUT2D eigenvalue weighted by atomic mass is 35.5. The Hall–Kier alpha value is -1.45. The summed E-state index contributed by atoms with van der Waals surface area (Å²) in [5.41, 5.74) is 5.04. The second-order valence-electron chi connectivity index (χ2n) is 7.09. The maximum atomic E-state index is 13.0. The van der Waals surface area contributed by atoms with Crippen molar-refractivity contribution in [2.45, 2.75) is 47.7 Å². The summed E-state index contributed by atoms with van der Waals surface area (Å²) in [5.74, 6) is 0. The first-order valence-corrected chi connectivity index (χ1v) is 10.4. The zero-order chi connectivity index (χ0) is 21.8. The van der Waals surface area contributed by atoms with Crippen LogP contribution in [0.5, 0.6) is 0 Å². The van der Waals surface area contributed by atoms with Gasteiger partial charge in [0.1, 0.15) is 0 Å². The highest BCUT2D eigenvalue weighted by Gasteiger charge is 2.31. The molecule has 1 atom stereocenters. The minimum absolute atomic E-state index is 0.0555. The van der Waals surface area contributed by atoms with E-state index in [0.717, 1.165) is 17.7 Å². The van der Waals surface area contributed by atoms with E-state index in [1.54, 1.807) is 12.1 Å². The Morgan fingerprint density at radius 2 is 1.72 bits per heavy atom. The first kappa shape index (κ1) is 23.8. The van der Waals surface area contributed by atoms with Gasteiger partial charge in [-0.2, -0.15) is 13.2 Å². The van der Waals surface area contributed by atoms with Crippen molar-refractivity contribution < 1.29 is 27.6 Å². The second kappa shape index (κ2) is 9.57. The van der Waals surface area contributed by atoms with Gasteiger partial charge in [-0.1, -0.05) is 17.7 Å². The number of alkyl halides is 3. The number of aliphatic hydroxyl groups is 2. The fourth-order valence-electron chi connectivity index (χ4n) is 2.84. The van der Waals surface area contributed by atoms with Crippen molar-refractivity contribution >= 4 is 22.4 Å². The lowest BCUT2D eigenvalue weighted by Gasteiger charge is -2.24. The van der Waals surface area contributed by atoms with Gasteiger partial charge in [-0.05, 0) is 67.6 Å². The van der Waals surface area contributed by atoms with Crippen molar-refractivity contribution in [3.63, 3.8) is 0 Å². The van der Waals surface area contributed by atoms with E-state index < -0.39 is 28.1 Å². The summed E-state index contributed by atoms with van der Waals surface area (Å²) in [6.45, 7) is 0.833. The number of benzene rings is 2. The van der Waals surface area contributed by atoms with E-state index in [1.165, 1.54) is 19.1 Å². The highest BCUT2D eigenvalue weighted by Crippen LogP contribution is 2.33. The molecule has 0 aliphatic rings. The van der Waals surface area contributed by atoms with Gasteiger partial charge in [0.05, 0.1) is 35.1 Å². The fraction of sp³-hybridized carbons (Fsp3) is 0.400. The highest BCUT2D eigenvalue weighted by molar-refractivity contribution is 7.85. The summed E-state index contributed by atoms with van der Waals surface area (Å²) in [6, 6.07) is 8.07. The molecular formula is C20H23ClF3NO3S. The van der Waals surface area contributed by atoms with E-state index in [2.05, 4.69) is 0 Å². The van der Waals surface area contributed by atoms with E-state index in [9.17, 15) is 27.6 Å². The molecule has 2 rings (SSSR count). The molecule has 0 spiro atoms. The third-order valence-electron chi connectivity index (χ3n) is 4.58. The molecule has 2 aromatic carbocycles. The number of hydrogen-bond donors (Lipinski definition) is 3. The van der Waals surface area contributed by atoms with Crippen LogP contribution in [-0.2, 0) is 23.4 Å². The van der Waals surface area contributed by atoms with Gasteiger partial charge in [-0.3, -0.25) is 0 Å². The Balaban J connectivity index is 2.18. The second-order valence-corrected chi connectivity index (χ2v) is 8.97. The molecule has 0 bridgehead atoms. The molecule has 0 saturated carbocycles. The van der Waals surface area contributed by atoms with Gasteiger partial charge < -0.3 is 15.9 Å². The van der Waals surface area contributed by atoms with E-state index in [-0.39, 0.29) is 18.1 Å². The number of aliphatic hydroxyl groups excluding tert-OH is 2. The first-order chi connectivity index (χ1) is 13.5. The van der Waals surface area contributed by atoms with Gasteiger partial charge in [0.2, 0.25) is 0 Å². The van der Waals surface area contributed by atoms with Gasteiger partial charge in [-0.25, -0.2) is 4.21 Å². The molecule has 160 valence electrons. The predicted molar refractivity (Wildman–Crippen MR) is 106 cm³/mol. The normalized spacial score (nSPS) is 13.5. The molecule has 29 heavy (non-hydrogen) atoms. The van der Waals surface area contributed by atoms with Crippen LogP contribution in [0, 0.1) is 6.92 Å². The van der Waals surface area contributed by atoms with Crippen molar-refractivity contribution in [2.24, 2.45) is 5.73 Å². The van der Waals surface area contributed by atoms with Crippen LogP contribution in [0.15, 0.2) is 46.2 Å². The Kier molecular flexibility index (Phi) is 7.86. The van der Waals surface area contributed by atoms with Crippen LogP contribution in [0.1, 0.15) is 29.5 Å². The summed E-state index contributed by atoms with van der Waals surface area (Å²) in [4.78, 5) is 0.358. The molecular weight excluding hydrogens is 427 g/mol. The first-order valence-electron chi connectivity index (χ1n) is 8.89. The number of halogens is 4. The van der Waals surface area contributed by atoms with E-state index in [4.69, 9.17) is 17.3 Å². The summed E-state index contributed by atoms with van der Waals surface area (Å²) in [5, 5.41) is 18.8. The van der Waals surface area contributed by atoms with Crippen LogP contribution in [0.3, 0.4) is 0 Å². The molecule has 4 N–H and O–H groups in total. The average molecular weight is 450 g/mol. The number of rotatable bonds is 8. The smallest absolute Gasteiger partial charge is 0.394 e. The maximum absolute atomic E-state index is 13.0. The van der Waals surface area contributed by atoms with Crippen LogP contribution in [0.25, 0.3) is 0 Å². The fourth-order valence-corrected chi connectivity index (χ4v) is 4.40. The van der Waals surface area contributed by atoms with Gasteiger partial charge in [-0.15, -0.1) is 0 Å². The molecule has 0 fully saturated rings. The third kappa shape index (κ3) is 6.26. The van der Waals surface area contributed by atoms with Crippen LogP contribution in [0.4, 0.5) is 13.2 Å². The van der Waals surface area contributed by atoms with Crippen LogP contribution in [0.2, 0.25) is 5.02 Å². The number of aryl methyl sites for hydroxylation is 2. The van der Waals surface area contributed by atoms with Crippen molar-refractivity contribution in [1.29, 1.82) is 0 Å². The molecule has 4 nitrogen and oxygen atoms in total. The molecule has 0 aliphatic carbocycles. The minimum Gasteiger partial charge on any atom is -0.394 e. The Morgan fingerprint density at radius 3 is 2.28 bits per heavy atom. The zero-order valence-corrected chi connectivity index (χ0v) is 17.4. The monoisotopic (exact) mass is 449 g/mol. The van der Waals surface area contributed by atoms with Crippen molar-refractivity contribution in [3.8, 4) is 0 Å². The maximum Gasteiger partial charge on any atom is 0.416 e. The van der Waals surface area contributed by atoms with E-state index in [1.807, 2.05) is 0 Å². The molecule has 1 unspecified atom stereocenters. The molecule has 0 aliphatic heterocycles. The van der Waals surface area contributed by atoms with Crippen LogP contribution in [-0.4, -0.2) is 33.2 Å². The third-order valence-corrected chi connectivity index (χ3v) is 6.28. The van der Waals surface area contributed by atoms with Gasteiger partial charge in [0.15, 0.2) is 0 Å². The summed E-state index contributed by atoms with van der Waals surface area (Å²) in [7, 11) is -1.81. The summed E-state index contributed by atoms with van der Waals surface area (Å²) in [6.07, 6.45) is -3.05. The summed E-state index contributed by atoms with van der Waals surface area (Å²) >= 11 is 6.27. The van der Waals surface area contributed by atoms with Crippen LogP contribution < -0.4 is 5.73 Å². The van der Waals surface area contributed by atoms with Gasteiger partial charge in [0, 0.05) is 14.8 Å². The lowest BCUT2D eigenvalue weighted by atomic mass is 9.94. The average Bonchev–Trinajstić information content (AvgIpc) is 2.67. The minimum atomic E-state index is -4.52. The molecule has 9 heteroatoms. The van der Waals surface area contributed by atoms with E-state index in [0.29, 0.717) is 34.7 Å². The molecule has 0 amide bonds. The van der Waals surface area contributed by atoms with Gasteiger partial charge >= 0.3 is 6.18 Å². The van der Waals surface area contributed by atoms with E-state index >= 15 is 0 Å². The SMILES string of the molecule is Cc1cc(S(=O)c2ccc(CCCC(N)(CO)CO)c(Cl)c2)cc(C(F)(F)F)c1. The number of hydrogen-bond acceptors (Lipinski definition) is 4. The van der Waals surface area contributed by atoms with Crippen LogP contribution >= 0.6 is 11.6 Å². The largest absolute Gasteiger partial charge is 0.416 e. The summed E-state index contributed by atoms with van der Waals surface area (Å²) < 4.78 is 51.8.